The lowest BCUT2D eigenvalue weighted by Gasteiger charge is -2.21. The Morgan fingerprint density at radius 1 is 1.11 bits per heavy atom. The number of nitrogens with zero attached hydrogens (tertiary/aromatic N) is 2. The van der Waals surface area contributed by atoms with Crippen molar-refractivity contribution in [3.05, 3.63) is 29.8 Å². The number of carbonyl (C=O) groups excluding carboxylic acids is 1. The van der Waals surface area contributed by atoms with Crippen molar-refractivity contribution in [2.75, 3.05) is 27.2 Å². The minimum absolute atomic E-state index is 0.114. The highest BCUT2D eigenvalue weighted by Crippen LogP contribution is 2.14. The number of nitrogens with one attached hydrogen (secondary N) is 3. The van der Waals surface area contributed by atoms with E-state index in [-0.39, 0.29) is 22.9 Å². The van der Waals surface area contributed by atoms with Gasteiger partial charge in [0, 0.05) is 26.2 Å². The molecular weight excluding hydrogens is 366 g/mol. The summed E-state index contributed by atoms with van der Waals surface area (Å²) in [6.45, 7) is 8.83. The Kier molecular flexibility index (Phi) is 8.23. The Balaban J connectivity index is 2.74. The first-order chi connectivity index (χ1) is 12.5. The van der Waals surface area contributed by atoms with Crippen LogP contribution in [0.3, 0.4) is 0 Å². The standard InChI is InChI=1S/C18H31N5O3S/c1-7-19-17(21-13-16(24)22-18(2,3)4)20-12-14-8-10-15(11-9-14)27(25,26)23(5)6/h8-11H,7,12-13H2,1-6H3,(H,22,24)(H2,19,20,21). The van der Waals surface area contributed by atoms with Crippen LogP contribution in [0, 0.1) is 0 Å². The molecular formula is C18H31N5O3S. The molecule has 152 valence electrons. The van der Waals surface area contributed by atoms with Gasteiger partial charge in [0.25, 0.3) is 0 Å². The van der Waals surface area contributed by atoms with Crippen molar-refractivity contribution < 1.29 is 13.2 Å². The summed E-state index contributed by atoms with van der Waals surface area (Å²) < 4.78 is 25.3. The van der Waals surface area contributed by atoms with E-state index in [0.717, 1.165) is 5.56 Å². The molecule has 1 rings (SSSR count). The Hall–Kier alpha value is -2.13. The lowest BCUT2D eigenvalue weighted by Crippen LogP contribution is -2.48. The molecule has 0 spiro atoms. The van der Waals surface area contributed by atoms with Crippen LogP contribution in [-0.4, -0.2) is 57.3 Å². The zero-order valence-electron chi connectivity index (χ0n) is 17.0. The molecule has 0 saturated heterocycles. The van der Waals surface area contributed by atoms with E-state index in [1.54, 1.807) is 24.3 Å². The smallest absolute Gasteiger partial charge is 0.242 e. The largest absolute Gasteiger partial charge is 0.357 e. The molecule has 0 aromatic heterocycles. The number of guanidine groups is 1. The number of carbonyl (C=O) groups is 1. The molecule has 1 aromatic carbocycles. The van der Waals surface area contributed by atoms with Crippen molar-refractivity contribution in [2.45, 2.75) is 44.7 Å². The van der Waals surface area contributed by atoms with E-state index in [0.29, 0.717) is 19.0 Å². The number of sulfonamides is 1. The molecule has 0 heterocycles. The number of benzene rings is 1. The Morgan fingerprint density at radius 3 is 2.19 bits per heavy atom. The van der Waals surface area contributed by atoms with E-state index in [4.69, 9.17) is 0 Å². The summed E-state index contributed by atoms with van der Waals surface area (Å²) in [5.41, 5.74) is 0.576. The monoisotopic (exact) mass is 397 g/mol. The zero-order valence-corrected chi connectivity index (χ0v) is 17.8. The molecule has 0 radical (unpaired) electrons. The normalized spacial score (nSPS) is 12.8. The van der Waals surface area contributed by atoms with Gasteiger partial charge >= 0.3 is 0 Å². The second-order valence-corrected chi connectivity index (χ2v) is 9.43. The first kappa shape index (κ1) is 22.9. The summed E-state index contributed by atoms with van der Waals surface area (Å²) in [4.78, 5) is 16.6. The summed E-state index contributed by atoms with van der Waals surface area (Å²) in [6, 6.07) is 6.60. The fourth-order valence-corrected chi connectivity index (χ4v) is 3.02. The average molecular weight is 398 g/mol. The molecule has 0 bridgehead atoms. The molecule has 1 amide bonds. The highest BCUT2D eigenvalue weighted by molar-refractivity contribution is 7.89. The zero-order chi connectivity index (χ0) is 20.7. The van der Waals surface area contributed by atoms with Crippen LogP contribution in [0.25, 0.3) is 0 Å². The van der Waals surface area contributed by atoms with E-state index < -0.39 is 10.0 Å². The molecule has 3 N–H and O–H groups in total. The van der Waals surface area contributed by atoms with Gasteiger partial charge in [-0.3, -0.25) is 4.79 Å². The van der Waals surface area contributed by atoms with Gasteiger partial charge in [0.15, 0.2) is 5.96 Å². The summed E-state index contributed by atoms with van der Waals surface area (Å²) >= 11 is 0. The lowest BCUT2D eigenvalue weighted by atomic mass is 10.1. The van der Waals surface area contributed by atoms with Gasteiger partial charge in [-0.05, 0) is 45.4 Å². The molecule has 0 saturated carbocycles. The topological polar surface area (TPSA) is 103 Å². The molecule has 0 aliphatic rings. The number of rotatable bonds is 7. The van der Waals surface area contributed by atoms with Crippen LogP contribution < -0.4 is 16.0 Å². The van der Waals surface area contributed by atoms with Crippen molar-refractivity contribution in [2.24, 2.45) is 4.99 Å². The number of hydrogen-bond donors (Lipinski definition) is 3. The van der Waals surface area contributed by atoms with E-state index >= 15 is 0 Å². The maximum absolute atomic E-state index is 12.1. The highest BCUT2D eigenvalue weighted by atomic mass is 32.2. The fourth-order valence-electron chi connectivity index (χ4n) is 2.12. The number of amides is 1. The maximum atomic E-state index is 12.1. The van der Waals surface area contributed by atoms with Crippen molar-refractivity contribution in [3.8, 4) is 0 Å². The average Bonchev–Trinajstić information content (AvgIpc) is 2.56. The molecule has 1 aromatic rings. The Labute approximate surface area is 162 Å². The Morgan fingerprint density at radius 2 is 1.70 bits per heavy atom. The summed E-state index contributed by atoms with van der Waals surface area (Å²) in [6.07, 6.45) is 0. The van der Waals surface area contributed by atoms with Crippen LogP contribution in [0.5, 0.6) is 0 Å². The van der Waals surface area contributed by atoms with Gasteiger partial charge in [0.1, 0.15) is 0 Å². The number of hydrogen-bond acceptors (Lipinski definition) is 4. The summed E-state index contributed by atoms with van der Waals surface area (Å²) in [7, 11) is -0.443. The van der Waals surface area contributed by atoms with E-state index in [1.807, 2.05) is 27.7 Å². The minimum atomic E-state index is -3.44. The van der Waals surface area contributed by atoms with Crippen molar-refractivity contribution in [1.82, 2.24) is 20.3 Å². The quantitative estimate of drug-likeness (QED) is 0.469. The minimum Gasteiger partial charge on any atom is -0.357 e. The van der Waals surface area contributed by atoms with Gasteiger partial charge in [-0.15, -0.1) is 0 Å². The molecule has 8 nitrogen and oxygen atoms in total. The lowest BCUT2D eigenvalue weighted by molar-refractivity contribution is -0.121. The predicted octanol–water partition coefficient (Wildman–Crippen LogP) is 0.907. The first-order valence-electron chi connectivity index (χ1n) is 8.80. The van der Waals surface area contributed by atoms with Gasteiger partial charge < -0.3 is 16.0 Å². The van der Waals surface area contributed by atoms with Crippen molar-refractivity contribution >= 4 is 21.9 Å². The fraction of sp³-hybridized carbons (Fsp3) is 0.556. The molecule has 0 unspecified atom stereocenters. The van der Waals surface area contributed by atoms with Crippen LogP contribution in [0.2, 0.25) is 0 Å². The van der Waals surface area contributed by atoms with E-state index in [1.165, 1.54) is 18.4 Å². The molecule has 27 heavy (non-hydrogen) atoms. The van der Waals surface area contributed by atoms with Crippen LogP contribution >= 0.6 is 0 Å². The van der Waals surface area contributed by atoms with Crippen LogP contribution in [0.1, 0.15) is 33.3 Å². The third-order valence-corrected chi connectivity index (χ3v) is 5.23. The molecule has 0 aliphatic carbocycles. The van der Waals surface area contributed by atoms with Crippen molar-refractivity contribution in [3.63, 3.8) is 0 Å². The third kappa shape index (κ3) is 7.96. The van der Waals surface area contributed by atoms with Gasteiger partial charge in [0.05, 0.1) is 18.0 Å². The Bertz CT molecular complexity index is 750. The second kappa shape index (κ2) is 9.70. The summed E-state index contributed by atoms with van der Waals surface area (Å²) in [5, 5.41) is 8.94. The van der Waals surface area contributed by atoms with Crippen LogP contribution in [-0.2, 0) is 21.4 Å². The molecule has 0 atom stereocenters. The highest BCUT2D eigenvalue weighted by Gasteiger charge is 2.16. The first-order valence-corrected chi connectivity index (χ1v) is 10.2. The van der Waals surface area contributed by atoms with Gasteiger partial charge in [-0.25, -0.2) is 17.7 Å². The second-order valence-electron chi connectivity index (χ2n) is 7.28. The maximum Gasteiger partial charge on any atom is 0.242 e. The van der Waals surface area contributed by atoms with Gasteiger partial charge in [0.2, 0.25) is 15.9 Å². The third-order valence-electron chi connectivity index (χ3n) is 3.40. The molecule has 9 heteroatoms. The van der Waals surface area contributed by atoms with Crippen LogP contribution in [0.4, 0.5) is 0 Å². The SMILES string of the molecule is CCNC(=NCc1ccc(S(=O)(=O)N(C)C)cc1)NCC(=O)NC(C)(C)C. The predicted molar refractivity (Wildman–Crippen MR) is 108 cm³/mol. The van der Waals surface area contributed by atoms with E-state index in [2.05, 4.69) is 20.9 Å². The van der Waals surface area contributed by atoms with Crippen molar-refractivity contribution in [1.29, 1.82) is 0 Å². The van der Waals surface area contributed by atoms with E-state index in [9.17, 15) is 13.2 Å². The number of aliphatic imine (C=N–C) groups is 1. The van der Waals surface area contributed by atoms with Gasteiger partial charge in [-0.1, -0.05) is 12.1 Å². The van der Waals surface area contributed by atoms with Gasteiger partial charge in [-0.2, -0.15) is 0 Å². The van der Waals surface area contributed by atoms with Crippen LogP contribution in [0.15, 0.2) is 34.2 Å². The molecule has 0 aliphatic heterocycles. The summed E-state index contributed by atoms with van der Waals surface area (Å²) in [5.74, 6) is 0.401. The molecule has 0 fully saturated rings.